The number of carbonyl (C=O) groups is 1. The third-order valence-corrected chi connectivity index (χ3v) is 4.15. The van der Waals surface area contributed by atoms with E-state index in [9.17, 15) is 9.59 Å². The van der Waals surface area contributed by atoms with Crippen LogP contribution in [0.3, 0.4) is 0 Å². The lowest BCUT2D eigenvalue weighted by atomic mass is 10.2. The number of ether oxygens (including phenoxy) is 1. The number of aryl methyl sites for hydroxylation is 1. The molecule has 0 atom stereocenters. The summed E-state index contributed by atoms with van der Waals surface area (Å²) < 4.78 is 7.28. The molecule has 0 unspecified atom stereocenters. The summed E-state index contributed by atoms with van der Waals surface area (Å²) >= 11 is 0. The molecule has 0 fully saturated rings. The summed E-state index contributed by atoms with van der Waals surface area (Å²) in [6, 6.07) is 5.23. The van der Waals surface area contributed by atoms with Crippen molar-refractivity contribution in [1.82, 2.24) is 14.5 Å². The summed E-state index contributed by atoms with van der Waals surface area (Å²) in [4.78, 5) is 30.4. The van der Waals surface area contributed by atoms with Gasteiger partial charge in [0.25, 0.3) is 11.5 Å². The molecule has 1 aromatic heterocycles. The minimum atomic E-state index is -0.123. The zero-order valence-corrected chi connectivity index (χ0v) is 13.5. The number of amides is 1. The number of fused-ring (bicyclic) bond motifs is 2. The fourth-order valence-electron chi connectivity index (χ4n) is 2.76. The maximum atomic E-state index is 12.7. The first-order chi connectivity index (χ1) is 11.1. The molecule has 0 aliphatic carbocycles. The van der Waals surface area contributed by atoms with E-state index in [1.165, 1.54) is 4.90 Å². The summed E-state index contributed by atoms with van der Waals surface area (Å²) in [5.74, 6) is 1.26. The first-order valence-electron chi connectivity index (χ1n) is 7.92. The average Bonchev–Trinajstić information content (AvgIpc) is 2.78. The molecule has 3 rings (SSSR count). The monoisotopic (exact) mass is 315 g/mol. The van der Waals surface area contributed by atoms with Crippen LogP contribution in [0.4, 0.5) is 0 Å². The molecule has 0 radical (unpaired) electrons. The second-order valence-electron chi connectivity index (χ2n) is 6.05. The Kier molecular flexibility index (Phi) is 4.32. The van der Waals surface area contributed by atoms with Crippen LogP contribution in [0.15, 0.2) is 23.0 Å². The second-order valence-corrected chi connectivity index (χ2v) is 6.05. The van der Waals surface area contributed by atoms with Gasteiger partial charge in [-0.3, -0.25) is 14.2 Å². The maximum Gasteiger partial charge on any atom is 0.261 e. The normalized spacial score (nSPS) is 14.2. The van der Waals surface area contributed by atoms with Crippen LogP contribution in [0.2, 0.25) is 0 Å². The molecular weight excluding hydrogens is 294 g/mol. The third-order valence-electron chi connectivity index (χ3n) is 4.15. The van der Waals surface area contributed by atoms with Gasteiger partial charge in [-0.1, -0.05) is 6.42 Å². The van der Waals surface area contributed by atoms with Gasteiger partial charge in [0.05, 0.1) is 10.9 Å². The van der Waals surface area contributed by atoms with Crippen LogP contribution in [0.5, 0.6) is 5.75 Å². The molecule has 6 heteroatoms. The van der Waals surface area contributed by atoms with Crippen molar-refractivity contribution in [1.29, 1.82) is 0 Å². The number of hydrogen-bond acceptors (Lipinski definition) is 4. The van der Waals surface area contributed by atoms with E-state index in [0.717, 1.165) is 38.1 Å². The van der Waals surface area contributed by atoms with Crippen molar-refractivity contribution in [3.05, 3.63) is 34.4 Å². The maximum absolute atomic E-state index is 12.7. The van der Waals surface area contributed by atoms with Gasteiger partial charge >= 0.3 is 0 Å². The molecule has 2 heterocycles. The van der Waals surface area contributed by atoms with Crippen molar-refractivity contribution in [3.8, 4) is 5.75 Å². The van der Waals surface area contributed by atoms with E-state index in [2.05, 4.69) is 4.98 Å². The lowest BCUT2D eigenvalue weighted by molar-refractivity contribution is -0.130. The van der Waals surface area contributed by atoms with Crippen molar-refractivity contribution in [3.63, 3.8) is 0 Å². The van der Waals surface area contributed by atoms with Gasteiger partial charge in [-0.2, -0.15) is 0 Å². The predicted molar refractivity (Wildman–Crippen MR) is 87.7 cm³/mol. The van der Waals surface area contributed by atoms with Gasteiger partial charge in [-0.15, -0.1) is 0 Å². The van der Waals surface area contributed by atoms with E-state index < -0.39 is 0 Å². The number of likely N-dealkylation sites (N-methyl/N-ethyl adjacent to an activating group) is 1. The van der Waals surface area contributed by atoms with E-state index >= 15 is 0 Å². The number of carbonyl (C=O) groups excluding carboxylic acids is 1. The molecule has 0 bridgehead atoms. The molecule has 1 amide bonds. The molecule has 0 spiro atoms. The molecule has 2 aromatic rings. The Morgan fingerprint density at radius 1 is 1.30 bits per heavy atom. The van der Waals surface area contributed by atoms with E-state index in [1.807, 2.05) is 0 Å². The molecule has 1 aromatic carbocycles. The van der Waals surface area contributed by atoms with E-state index in [4.69, 9.17) is 4.74 Å². The summed E-state index contributed by atoms with van der Waals surface area (Å²) in [7, 11) is 3.36. The average molecular weight is 315 g/mol. The Morgan fingerprint density at radius 2 is 2.13 bits per heavy atom. The van der Waals surface area contributed by atoms with E-state index in [-0.39, 0.29) is 18.1 Å². The highest BCUT2D eigenvalue weighted by Crippen LogP contribution is 2.19. The van der Waals surface area contributed by atoms with Crippen molar-refractivity contribution < 1.29 is 9.53 Å². The van der Waals surface area contributed by atoms with Crippen molar-refractivity contribution >= 4 is 16.8 Å². The largest absolute Gasteiger partial charge is 0.484 e. The fraction of sp³-hybridized carbons (Fsp3) is 0.471. The molecule has 0 saturated carbocycles. The molecule has 0 saturated heterocycles. The van der Waals surface area contributed by atoms with E-state index in [1.54, 1.807) is 36.9 Å². The molecule has 6 nitrogen and oxygen atoms in total. The smallest absolute Gasteiger partial charge is 0.261 e. The summed E-state index contributed by atoms with van der Waals surface area (Å²) in [5.41, 5.74) is 0.672. The zero-order chi connectivity index (χ0) is 16.4. The summed E-state index contributed by atoms with van der Waals surface area (Å²) in [6.07, 6.45) is 4.06. The predicted octanol–water partition coefficient (Wildman–Crippen LogP) is 1.59. The SMILES string of the molecule is CN(C)C(=O)COc1ccc2nc3n(c(=O)c2c1)CCCCC3. The van der Waals surface area contributed by atoms with Crippen LogP contribution in [0.25, 0.3) is 10.9 Å². The fourth-order valence-corrected chi connectivity index (χ4v) is 2.76. The van der Waals surface area contributed by atoms with Crippen LogP contribution in [0.1, 0.15) is 25.1 Å². The lowest BCUT2D eigenvalue weighted by Gasteiger charge is -2.13. The number of hydrogen-bond donors (Lipinski definition) is 0. The molecule has 0 N–H and O–H groups in total. The molecular formula is C17H21N3O3. The topological polar surface area (TPSA) is 64.4 Å². The van der Waals surface area contributed by atoms with Crippen LogP contribution in [-0.4, -0.2) is 41.1 Å². The Labute approximate surface area is 134 Å². The highest BCUT2D eigenvalue weighted by atomic mass is 16.5. The number of nitrogens with zero attached hydrogens (tertiary/aromatic N) is 3. The molecule has 1 aliphatic rings. The standard InChI is InChI=1S/C17H21N3O3/c1-19(2)16(21)11-23-12-7-8-14-13(10-12)17(22)20-9-5-3-4-6-15(20)18-14/h7-8,10H,3-6,9,11H2,1-2H3. The summed E-state index contributed by atoms with van der Waals surface area (Å²) in [5, 5.41) is 0.547. The van der Waals surface area contributed by atoms with Crippen LogP contribution in [-0.2, 0) is 17.8 Å². The van der Waals surface area contributed by atoms with Gasteiger partial charge in [-0.05, 0) is 31.0 Å². The zero-order valence-electron chi connectivity index (χ0n) is 13.5. The first kappa shape index (κ1) is 15.5. The molecule has 1 aliphatic heterocycles. The second kappa shape index (κ2) is 6.40. The van der Waals surface area contributed by atoms with Gasteiger partial charge in [0.2, 0.25) is 0 Å². The number of benzene rings is 1. The molecule has 122 valence electrons. The van der Waals surface area contributed by atoms with Crippen LogP contribution >= 0.6 is 0 Å². The highest BCUT2D eigenvalue weighted by molar-refractivity contribution is 5.80. The van der Waals surface area contributed by atoms with Gasteiger partial charge in [0, 0.05) is 27.1 Å². The summed E-state index contributed by atoms with van der Waals surface area (Å²) in [6.45, 7) is 0.680. The lowest BCUT2D eigenvalue weighted by Crippen LogP contribution is -2.27. The minimum absolute atomic E-state index is 0.0173. The Morgan fingerprint density at radius 3 is 2.91 bits per heavy atom. The van der Waals surface area contributed by atoms with Gasteiger partial charge in [-0.25, -0.2) is 4.98 Å². The number of aromatic nitrogens is 2. The Balaban J connectivity index is 1.94. The quantitative estimate of drug-likeness (QED) is 0.863. The van der Waals surface area contributed by atoms with Gasteiger partial charge < -0.3 is 9.64 Å². The first-order valence-corrected chi connectivity index (χ1v) is 7.92. The highest BCUT2D eigenvalue weighted by Gasteiger charge is 2.14. The van der Waals surface area contributed by atoms with Crippen molar-refractivity contribution in [2.75, 3.05) is 20.7 Å². The van der Waals surface area contributed by atoms with Gasteiger partial charge in [0.1, 0.15) is 11.6 Å². The Bertz CT molecular complexity index is 796. The minimum Gasteiger partial charge on any atom is -0.484 e. The number of rotatable bonds is 3. The van der Waals surface area contributed by atoms with Crippen LogP contribution in [0, 0.1) is 0 Å². The third kappa shape index (κ3) is 3.21. The van der Waals surface area contributed by atoms with Gasteiger partial charge in [0.15, 0.2) is 6.61 Å². The van der Waals surface area contributed by atoms with Crippen molar-refractivity contribution in [2.24, 2.45) is 0 Å². The molecule has 23 heavy (non-hydrogen) atoms. The van der Waals surface area contributed by atoms with E-state index in [0.29, 0.717) is 16.7 Å². The van der Waals surface area contributed by atoms with Crippen molar-refractivity contribution in [2.45, 2.75) is 32.2 Å². The Hall–Kier alpha value is -2.37. The van der Waals surface area contributed by atoms with Crippen LogP contribution < -0.4 is 10.3 Å².